The van der Waals surface area contributed by atoms with E-state index >= 15 is 0 Å². The van der Waals surface area contributed by atoms with Crippen molar-refractivity contribution in [2.75, 3.05) is 4.90 Å². The molecule has 4 nitrogen and oxygen atoms in total. The van der Waals surface area contributed by atoms with Crippen LogP contribution in [0.2, 0.25) is 0 Å². The van der Waals surface area contributed by atoms with Crippen molar-refractivity contribution in [3.63, 3.8) is 0 Å². The topological polar surface area (TPSA) is 54.5 Å². The van der Waals surface area contributed by atoms with Crippen LogP contribution in [0.1, 0.15) is 28.2 Å². The summed E-state index contributed by atoms with van der Waals surface area (Å²) in [6.45, 7) is 0. The Bertz CT molecular complexity index is 1220. The summed E-state index contributed by atoms with van der Waals surface area (Å²) in [5, 5.41) is 0. The second-order valence-corrected chi connectivity index (χ2v) is 9.05. The molecule has 7 rings (SSSR count). The van der Waals surface area contributed by atoms with E-state index in [-0.39, 0.29) is 17.7 Å². The lowest BCUT2D eigenvalue weighted by molar-refractivity contribution is -0.128. The molecule has 2 atom stereocenters. The molecule has 3 aliphatic carbocycles. The van der Waals surface area contributed by atoms with E-state index in [1.54, 1.807) is 18.2 Å². The van der Waals surface area contributed by atoms with Crippen LogP contribution in [0.25, 0.3) is 0 Å². The normalized spacial score (nSPS) is 28.2. The van der Waals surface area contributed by atoms with Crippen molar-refractivity contribution in [3.8, 4) is 0 Å². The van der Waals surface area contributed by atoms with Crippen molar-refractivity contribution < 1.29 is 14.4 Å². The number of nitrogens with zero attached hydrogens (tertiary/aromatic N) is 1. The fraction of sp³-hybridized carbons (Fsp3) is 0.160. The molecule has 0 saturated carbocycles. The highest BCUT2D eigenvalue weighted by molar-refractivity contribution is 9.10. The van der Waals surface area contributed by atoms with Crippen molar-refractivity contribution in [1.82, 2.24) is 0 Å². The highest BCUT2D eigenvalue weighted by atomic mass is 79.9. The van der Waals surface area contributed by atoms with Gasteiger partial charge in [-0.15, -0.1) is 0 Å². The maximum Gasteiger partial charge on any atom is 0.239 e. The number of carbonyl (C=O) groups excluding carboxylic acids is 3. The van der Waals surface area contributed by atoms with Crippen LogP contribution in [-0.2, 0) is 19.8 Å². The van der Waals surface area contributed by atoms with E-state index in [0.29, 0.717) is 5.69 Å². The van der Waals surface area contributed by atoms with Crippen molar-refractivity contribution >= 4 is 39.7 Å². The van der Waals surface area contributed by atoms with Gasteiger partial charge in [0, 0.05) is 10.4 Å². The molecular weight excluding hydrogens is 442 g/mol. The molecule has 4 aliphatic rings. The number of halogens is 1. The number of carbonyl (C=O) groups is 3. The lowest BCUT2D eigenvalue weighted by Gasteiger charge is -2.51. The minimum Gasteiger partial charge on any atom is -0.302 e. The molecule has 0 radical (unpaired) electrons. The number of hydrogen-bond donors (Lipinski definition) is 0. The number of anilines is 1. The van der Waals surface area contributed by atoms with Crippen LogP contribution in [0.5, 0.6) is 0 Å². The predicted octanol–water partition coefficient (Wildman–Crippen LogP) is 4.20. The number of aldehydes is 1. The number of rotatable bonds is 2. The summed E-state index contributed by atoms with van der Waals surface area (Å²) in [5.74, 6) is -2.10. The Morgan fingerprint density at radius 3 is 2.07 bits per heavy atom. The maximum absolute atomic E-state index is 13.8. The summed E-state index contributed by atoms with van der Waals surface area (Å²) in [6, 6.07) is 22.7. The first kappa shape index (κ1) is 17.8. The van der Waals surface area contributed by atoms with Crippen molar-refractivity contribution in [3.05, 3.63) is 99.5 Å². The standard InChI is InChI=1S/C25H16BrNO3/c26-14-6-5-7-15(12-14)27-23(29)21-20-16-8-1-3-10-18(16)25(13-28,22(21)24(27)30)19-11-4-2-9-17(19)20/h1-13,20-22H/t20?,21-,22+,25?/m0/s1. The molecular formula is C25H16BrNO3. The first-order valence-electron chi connectivity index (χ1n) is 9.88. The van der Waals surface area contributed by atoms with Gasteiger partial charge in [0.15, 0.2) is 0 Å². The van der Waals surface area contributed by atoms with Gasteiger partial charge in [-0.3, -0.25) is 9.59 Å². The molecule has 0 spiro atoms. The lowest BCUT2D eigenvalue weighted by Crippen LogP contribution is -2.54. The summed E-state index contributed by atoms with van der Waals surface area (Å²) in [6.07, 6.45) is 0.896. The molecule has 3 aromatic carbocycles. The van der Waals surface area contributed by atoms with Crippen LogP contribution >= 0.6 is 15.9 Å². The molecule has 1 saturated heterocycles. The summed E-state index contributed by atoms with van der Waals surface area (Å²) in [7, 11) is 0. The minimum atomic E-state index is -1.15. The Hall–Kier alpha value is -3.05. The highest BCUT2D eigenvalue weighted by Crippen LogP contribution is 2.63. The Morgan fingerprint density at radius 2 is 1.47 bits per heavy atom. The van der Waals surface area contributed by atoms with E-state index in [2.05, 4.69) is 15.9 Å². The van der Waals surface area contributed by atoms with Gasteiger partial charge in [0.2, 0.25) is 11.8 Å². The molecule has 30 heavy (non-hydrogen) atoms. The SMILES string of the molecule is O=CC12c3ccccc3C(c3ccccc31)[C@@H]1C(=O)N(c3cccc(Br)c3)C(=O)[C@@H]12. The number of amides is 2. The summed E-state index contributed by atoms with van der Waals surface area (Å²) >= 11 is 3.43. The fourth-order valence-electron chi connectivity index (χ4n) is 5.90. The van der Waals surface area contributed by atoms with E-state index in [4.69, 9.17) is 0 Å². The van der Waals surface area contributed by atoms with E-state index in [9.17, 15) is 14.4 Å². The zero-order chi connectivity index (χ0) is 20.6. The van der Waals surface area contributed by atoms with Gasteiger partial charge in [0.1, 0.15) is 6.29 Å². The Labute approximate surface area is 181 Å². The lowest BCUT2D eigenvalue weighted by atomic mass is 9.48. The Morgan fingerprint density at radius 1 is 0.833 bits per heavy atom. The molecule has 0 aromatic heterocycles. The van der Waals surface area contributed by atoms with Crippen molar-refractivity contribution in [2.45, 2.75) is 11.3 Å². The molecule has 1 fully saturated rings. The van der Waals surface area contributed by atoms with Gasteiger partial charge < -0.3 is 4.79 Å². The first-order valence-corrected chi connectivity index (χ1v) is 10.7. The average Bonchev–Trinajstić information content (AvgIpc) is 3.05. The second-order valence-electron chi connectivity index (χ2n) is 8.13. The molecule has 1 heterocycles. The molecule has 2 bridgehead atoms. The van der Waals surface area contributed by atoms with E-state index < -0.39 is 17.3 Å². The zero-order valence-electron chi connectivity index (χ0n) is 15.8. The largest absolute Gasteiger partial charge is 0.302 e. The number of imide groups is 1. The smallest absolute Gasteiger partial charge is 0.239 e. The van der Waals surface area contributed by atoms with Gasteiger partial charge in [-0.1, -0.05) is 70.5 Å². The summed E-state index contributed by atoms with van der Waals surface area (Å²) in [5.41, 5.74) is 3.02. The van der Waals surface area contributed by atoms with Gasteiger partial charge in [-0.2, -0.15) is 0 Å². The van der Waals surface area contributed by atoms with Gasteiger partial charge in [0.25, 0.3) is 0 Å². The van der Waals surface area contributed by atoms with Crippen molar-refractivity contribution in [1.29, 1.82) is 0 Å². The Balaban J connectivity index is 1.66. The molecule has 0 unspecified atom stereocenters. The average molecular weight is 458 g/mol. The van der Waals surface area contributed by atoms with Crippen LogP contribution in [0.4, 0.5) is 5.69 Å². The van der Waals surface area contributed by atoms with Gasteiger partial charge in [-0.05, 0) is 40.5 Å². The third-order valence-corrected chi connectivity index (χ3v) is 7.43. The van der Waals surface area contributed by atoms with Crippen LogP contribution in [0.15, 0.2) is 77.3 Å². The molecule has 1 aliphatic heterocycles. The van der Waals surface area contributed by atoms with Gasteiger partial charge in [0.05, 0.1) is 22.9 Å². The van der Waals surface area contributed by atoms with Gasteiger partial charge in [-0.25, -0.2) is 4.90 Å². The molecule has 5 heteroatoms. The van der Waals surface area contributed by atoms with Gasteiger partial charge >= 0.3 is 0 Å². The zero-order valence-corrected chi connectivity index (χ0v) is 17.4. The first-order chi connectivity index (χ1) is 14.6. The van der Waals surface area contributed by atoms with Crippen LogP contribution in [0.3, 0.4) is 0 Å². The van der Waals surface area contributed by atoms with E-state index in [1.165, 1.54) is 4.90 Å². The quantitative estimate of drug-likeness (QED) is 0.428. The number of benzene rings is 3. The highest BCUT2D eigenvalue weighted by Gasteiger charge is 2.68. The minimum absolute atomic E-state index is 0.233. The molecule has 146 valence electrons. The van der Waals surface area contributed by atoms with Crippen molar-refractivity contribution in [2.24, 2.45) is 11.8 Å². The predicted molar refractivity (Wildman–Crippen MR) is 115 cm³/mol. The Kier molecular flexibility index (Phi) is 3.55. The van der Waals surface area contributed by atoms with E-state index in [1.807, 2.05) is 54.6 Å². The molecule has 2 amide bonds. The van der Waals surface area contributed by atoms with Crippen LogP contribution in [0, 0.1) is 11.8 Å². The monoisotopic (exact) mass is 457 g/mol. The van der Waals surface area contributed by atoms with Crippen LogP contribution < -0.4 is 4.90 Å². The van der Waals surface area contributed by atoms with Crippen LogP contribution in [-0.4, -0.2) is 18.1 Å². The summed E-state index contributed by atoms with van der Waals surface area (Å²) < 4.78 is 0.787. The molecule has 3 aromatic rings. The fourth-order valence-corrected chi connectivity index (χ4v) is 6.29. The second kappa shape index (κ2) is 5.99. The third-order valence-electron chi connectivity index (χ3n) is 6.94. The molecule has 0 N–H and O–H groups in total. The maximum atomic E-state index is 13.8. The van der Waals surface area contributed by atoms with E-state index in [0.717, 1.165) is 33.0 Å². The third kappa shape index (κ3) is 1.94. The summed E-state index contributed by atoms with van der Waals surface area (Å²) in [4.78, 5) is 41.6. The number of hydrogen-bond acceptors (Lipinski definition) is 3.